The highest BCUT2D eigenvalue weighted by atomic mass is 16.2. The predicted octanol–water partition coefficient (Wildman–Crippen LogP) is 5.18. The summed E-state index contributed by atoms with van der Waals surface area (Å²) in [4.78, 5) is 27.9. The average Bonchev–Trinajstić information content (AvgIpc) is 3.48. The molecular weight excluding hydrogens is 398 g/mol. The van der Waals surface area contributed by atoms with Crippen LogP contribution in [0.15, 0.2) is 84.9 Å². The molecule has 1 aliphatic heterocycles. The van der Waals surface area contributed by atoms with Crippen LogP contribution in [0, 0.1) is 0 Å². The van der Waals surface area contributed by atoms with Crippen molar-refractivity contribution < 1.29 is 9.59 Å². The van der Waals surface area contributed by atoms with Gasteiger partial charge in [0, 0.05) is 41.8 Å². The van der Waals surface area contributed by atoms with Gasteiger partial charge in [-0.1, -0.05) is 54.6 Å². The molecule has 0 bridgehead atoms. The minimum absolute atomic E-state index is 0.0248. The van der Waals surface area contributed by atoms with Gasteiger partial charge in [0.05, 0.1) is 0 Å². The fourth-order valence-electron chi connectivity index (χ4n) is 4.36. The summed E-state index contributed by atoms with van der Waals surface area (Å²) in [5.74, 6) is -0.167. The van der Waals surface area contributed by atoms with Gasteiger partial charge in [-0.15, -0.1) is 0 Å². The number of carbonyl (C=O) groups excluding carboxylic acids is 2. The Balaban J connectivity index is 1.43. The van der Waals surface area contributed by atoms with E-state index < -0.39 is 0 Å². The summed E-state index contributed by atoms with van der Waals surface area (Å²) >= 11 is 0. The van der Waals surface area contributed by atoms with Gasteiger partial charge >= 0.3 is 0 Å². The number of para-hydroxylation sites is 1. The van der Waals surface area contributed by atoms with Gasteiger partial charge in [0.1, 0.15) is 5.69 Å². The highest BCUT2D eigenvalue weighted by Crippen LogP contribution is 2.23. The second-order valence-electron chi connectivity index (χ2n) is 8.19. The number of amides is 2. The summed E-state index contributed by atoms with van der Waals surface area (Å²) in [5, 5.41) is 4.02. The maximum atomic E-state index is 13.3. The number of anilines is 1. The second kappa shape index (κ2) is 8.71. The van der Waals surface area contributed by atoms with E-state index in [2.05, 4.69) is 17.4 Å². The number of carbonyl (C=O) groups is 2. The highest BCUT2D eigenvalue weighted by molar-refractivity contribution is 6.07. The minimum Gasteiger partial charge on any atom is -0.339 e. The predicted molar refractivity (Wildman–Crippen MR) is 127 cm³/mol. The number of aromatic nitrogens is 1. The molecule has 4 aromatic rings. The number of fused-ring (bicyclic) bond motifs is 1. The van der Waals surface area contributed by atoms with Crippen molar-refractivity contribution in [1.82, 2.24) is 9.47 Å². The smallest absolute Gasteiger partial charge is 0.272 e. The van der Waals surface area contributed by atoms with E-state index in [4.69, 9.17) is 0 Å². The van der Waals surface area contributed by atoms with Gasteiger partial charge in [-0.25, -0.2) is 0 Å². The standard InChI is InChI=1S/C27H25N3O2/c31-26(28-23-13-8-12-22(17-23)27(32)29-15-6-7-16-29)25-18-21-11-4-5-14-24(21)30(25)19-20-9-2-1-3-10-20/h1-5,8-14,17-18H,6-7,15-16,19H2,(H,28,31). The van der Waals surface area contributed by atoms with E-state index >= 15 is 0 Å². The molecule has 0 spiro atoms. The van der Waals surface area contributed by atoms with Crippen molar-refractivity contribution in [2.45, 2.75) is 19.4 Å². The van der Waals surface area contributed by atoms with Crippen molar-refractivity contribution >= 4 is 28.4 Å². The van der Waals surface area contributed by atoms with E-state index in [1.165, 1.54) is 0 Å². The highest BCUT2D eigenvalue weighted by Gasteiger charge is 2.20. The Morgan fingerprint density at radius 1 is 0.812 bits per heavy atom. The van der Waals surface area contributed by atoms with Gasteiger partial charge in [-0.05, 0) is 48.7 Å². The van der Waals surface area contributed by atoms with Crippen LogP contribution in [0.2, 0.25) is 0 Å². The van der Waals surface area contributed by atoms with Crippen molar-refractivity contribution in [3.05, 3.63) is 102 Å². The Hall–Kier alpha value is -3.86. The van der Waals surface area contributed by atoms with E-state index in [9.17, 15) is 9.59 Å². The number of hydrogen-bond donors (Lipinski definition) is 1. The number of likely N-dealkylation sites (tertiary alicyclic amines) is 1. The lowest BCUT2D eigenvalue weighted by Crippen LogP contribution is -2.27. The molecule has 0 radical (unpaired) electrons. The van der Waals surface area contributed by atoms with Gasteiger partial charge in [0.15, 0.2) is 0 Å². The molecule has 2 heterocycles. The SMILES string of the molecule is O=C(Nc1cccc(C(=O)N2CCCC2)c1)c1cc2ccccc2n1Cc1ccccc1. The molecule has 32 heavy (non-hydrogen) atoms. The zero-order valence-electron chi connectivity index (χ0n) is 17.8. The monoisotopic (exact) mass is 423 g/mol. The zero-order chi connectivity index (χ0) is 21.9. The average molecular weight is 424 g/mol. The van der Waals surface area contributed by atoms with Crippen LogP contribution in [0.5, 0.6) is 0 Å². The van der Waals surface area contributed by atoms with Crippen LogP contribution in [0.4, 0.5) is 5.69 Å². The van der Waals surface area contributed by atoms with E-state index in [1.54, 1.807) is 6.07 Å². The van der Waals surface area contributed by atoms with Crippen LogP contribution in [-0.4, -0.2) is 34.4 Å². The third-order valence-corrected chi connectivity index (χ3v) is 5.99. The molecule has 0 aliphatic carbocycles. The van der Waals surface area contributed by atoms with E-state index in [1.807, 2.05) is 76.2 Å². The van der Waals surface area contributed by atoms with Crippen LogP contribution >= 0.6 is 0 Å². The topological polar surface area (TPSA) is 54.3 Å². The molecule has 0 atom stereocenters. The first kappa shape index (κ1) is 20.1. The van der Waals surface area contributed by atoms with Crippen LogP contribution in [0.1, 0.15) is 39.3 Å². The quantitative estimate of drug-likeness (QED) is 0.481. The molecule has 1 saturated heterocycles. The van der Waals surface area contributed by atoms with Crippen LogP contribution < -0.4 is 5.32 Å². The third kappa shape index (κ3) is 4.02. The van der Waals surface area contributed by atoms with Crippen molar-refractivity contribution in [1.29, 1.82) is 0 Å². The largest absolute Gasteiger partial charge is 0.339 e. The van der Waals surface area contributed by atoms with Gasteiger partial charge in [0.25, 0.3) is 11.8 Å². The zero-order valence-corrected chi connectivity index (χ0v) is 17.8. The third-order valence-electron chi connectivity index (χ3n) is 5.99. The lowest BCUT2D eigenvalue weighted by Gasteiger charge is -2.16. The number of nitrogens with zero attached hydrogens (tertiary/aromatic N) is 2. The number of hydrogen-bond acceptors (Lipinski definition) is 2. The maximum absolute atomic E-state index is 13.3. The Morgan fingerprint density at radius 3 is 2.38 bits per heavy atom. The van der Waals surface area contributed by atoms with Gasteiger partial charge in [-0.3, -0.25) is 9.59 Å². The Morgan fingerprint density at radius 2 is 1.56 bits per heavy atom. The fourth-order valence-corrected chi connectivity index (χ4v) is 4.36. The fraction of sp³-hybridized carbons (Fsp3) is 0.185. The summed E-state index contributed by atoms with van der Waals surface area (Å²) in [7, 11) is 0. The van der Waals surface area contributed by atoms with Crippen molar-refractivity contribution in [3.63, 3.8) is 0 Å². The molecule has 0 unspecified atom stereocenters. The molecule has 5 nitrogen and oxygen atoms in total. The summed E-state index contributed by atoms with van der Waals surface area (Å²) in [6, 6.07) is 27.3. The Bertz CT molecular complexity index is 1270. The first-order chi connectivity index (χ1) is 15.7. The summed E-state index contributed by atoms with van der Waals surface area (Å²) in [6.45, 7) is 2.20. The Kier molecular flexibility index (Phi) is 5.46. The van der Waals surface area contributed by atoms with Gasteiger partial charge in [0.2, 0.25) is 0 Å². The van der Waals surface area contributed by atoms with E-state index in [0.717, 1.165) is 42.4 Å². The molecule has 160 valence electrons. The summed E-state index contributed by atoms with van der Waals surface area (Å²) < 4.78 is 2.04. The molecule has 5 heteroatoms. The van der Waals surface area contributed by atoms with Gasteiger partial charge < -0.3 is 14.8 Å². The molecule has 2 amide bonds. The molecule has 1 N–H and O–H groups in total. The number of benzene rings is 3. The Labute approximate surface area is 187 Å². The lowest BCUT2D eigenvalue weighted by atomic mass is 10.1. The normalized spacial score (nSPS) is 13.4. The molecule has 1 aromatic heterocycles. The minimum atomic E-state index is -0.192. The number of nitrogens with one attached hydrogen (secondary N) is 1. The molecule has 3 aromatic carbocycles. The molecule has 0 saturated carbocycles. The second-order valence-corrected chi connectivity index (χ2v) is 8.19. The van der Waals surface area contributed by atoms with Crippen LogP contribution in [0.3, 0.4) is 0 Å². The summed E-state index contributed by atoms with van der Waals surface area (Å²) in [6.07, 6.45) is 2.10. The first-order valence-corrected chi connectivity index (χ1v) is 11.0. The first-order valence-electron chi connectivity index (χ1n) is 11.0. The summed E-state index contributed by atoms with van der Waals surface area (Å²) in [5.41, 5.74) is 3.96. The van der Waals surface area contributed by atoms with Crippen LogP contribution in [-0.2, 0) is 6.54 Å². The molecular formula is C27H25N3O2. The number of rotatable bonds is 5. The van der Waals surface area contributed by atoms with Crippen molar-refractivity contribution in [2.75, 3.05) is 18.4 Å². The maximum Gasteiger partial charge on any atom is 0.272 e. The van der Waals surface area contributed by atoms with E-state index in [0.29, 0.717) is 23.5 Å². The van der Waals surface area contributed by atoms with E-state index in [-0.39, 0.29) is 11.8 Å². The van der Waals surface area contributed by atoms with Crippen molar-refractivity contribution in [3.8, 4) is 0 Å². The van der Waals surface area contributed by atoms with Crippen LogP contribution in [0.25, 0.3) is 10.9 Å². The molecule has 1 fully saturated rings. The lowest BCUT2D eigenvalue weighted by molar-refractivity contribution is 0.0792. The van der Waals surface area contributed by atoms with Crippen molar-refractivity contribution in [2.24, 2.45) is 0 Å². The molecule has 5 rings (SSSR count). The van der Waals surface area contributed by atoms with Gasteiger partial charge in [-0.2, -0.15) is 0 Å². The molecule has 1 aliphatic rings.